The number of pyridine rings is 2. The second kappa shape index (κ2) is 7.06. The van der Waals surface area contributed by atoms with Gasteiger partial charge in [-0.05, 0) is 17.7 Å². The number of aromatic nitrogens is 4. The number of fused-ring (bicyclic) bond motifs is 1. The van der Waals surface area contributed by atoms with Gasteiger partial charge in [0.2, 0.25) is 5.88 Å². The molecule has 1 saturated heterocycles. The minimum absolute atomic E-state index is 0.194. The van der Waals surface area contributed by atoms with Gasteiger partial charge in [-0.2, -0.15) is 5.10 Å². The second-order valence-electron chi connectivity index (χ2n) is 6.15. The van der Waals surface area contributed by atoms with E-state index in [1.54, 1.807) is 17.1 Å². The van der Waals surface area contributed by atoms with Crippen molar-refractivity contribution in [1.29, 1.82) is 0 Å². The highest BCUT2D eigenvalue weighted by Gasteiger charge is 2.16. The van der Waals surface area contributed by atoms with Crippen molar-refractivity contribution in [3.05, 3.63) is 42.4 Å². The molecule has 0 aromatic carbocycles. The van der Waals surface area contributed by atoms with Crippen molar-refractivity contribution in [3.8, 4) is 5.88 Å². The minimum atomic E-state index is 0.194. The number of hydrogen-bond donors (Lipinski definition) is 1. The molecular formula is C18H21N5O2. The molecule has 1 fully saturated rings. The molecule has 7 nitrogen and oxygen atoms in total. The fourth-order valence-electron chi connectivity index (χ4n) is 2.99. The molecule has 0 unspecified atom stereocenters. The van der Waals surface area contributed by atoms with Crippen molar-refractivity contribution in [1.82, 2.24) is 19.7 Å². The van der Waals surface area contributed by atoms with Crippen LogP contribution < -0.4 is 10.1 Å². The van der Waals surface area contributed by atoms with Crippen LogP contribution in [0.15, 0.2) is 36.8 Å². The zero-order chi connectivity index (χ0) is 17.1. The average Bonchev–Trinajstić information content (AvgIpc) is 3.03. The van der Waals surface area contributed by atoms with Gasteiger partial charge in [-0.3, -0.25) is 4.68 Å². The van der Waals surface area contributed by atoms with Gasteiger partial charge >= 0.3 is 0 Å². The number of rotatable bonds is 5. The van der Waals surface area contributed by atoms with E-state index in [1.807, 2.05) is 31.4 Å². The summed E-state index contributed by atoms with van der Waals surface area (Å²) in [5, 5.41) is 8.73. The average molecular weight is 339 g/mol. The summed E-state index contributed by atoms with van der Waals surface area (Å²) in [5.74, 6) is 0.674. The molecule has 0 radical (unpaired) electrons. The fraction of sp³-hybridized carbons (Fsp3) is 0.389. The molecule has 25 heavy (non-hydrogen) atoms. The molecule has 4 heterocycles. The Morgan fingerprint density at radius 1 is 1.24 bits per heavy atom. The maximum atomic E-state index is 5.98. The van der Waals surface area contributed by atoms with Crippen LogP contribution in [0, 0.1) is 0 Å². The van der Waals surface area contributed by atoms with Gasteiger partial charge in [0.1, 0.15) is 6.10 Å². The Balaban J connectivity index is 1.44. The second-order valence-corrected chi connectivity index (χ2v) is 6.15. The summed E-state index contributed by atoms with van der Waals surface area (Å²) in [6, 6.07) is 5.94. The van der Waals surface area contributed by atoms with Crippen molar-refractivity contribution in [2.24, 2.45) is 7.05 Å². The highest BCUT2D eigenvalue weighted by Crippen LogP contribution is 2.22. The van der Waals surface area contributed by atoms with Crippen LogP contribution >= 0.6 is 0 Å². The van der Waals surface area contributed by atoms with Crippen LogP contribution in [0.4, 0.5) is 5.69 Å². The lowest BCUT2D eigenvalue weighted by Crippen LogP contribution is -2.26. The van der Waals surface area contributed by atoms with Crippen LogP contribution in [0.3, 0.4) is 0 Å². The van der Waals surface area contributed by atoms with Crippen molar-refractivity contribution in [2.75, 3.05) is 18.5 Å². The van der Waals surface area contributed by atoms with Crippen LogP contribution in [0.5, 0.6) is 5.88 Å². The van der Waals surface area contributed by atoms with E-state index < -0.39 is 0 Å². The van der Waals surface area contributed by atoms with Crippen molar-refractivity contribution < 1.29 is 9.47 Å². The van der Waals surface area contributed by atoms with Gasteiger partial charge in [0, 0.05) is 50.6 Å². The zero-order valence-corrected chi connectivity index (χ0v) is 14.2. The summed E-state index contributed by atoms with van der Waals surface area (Å²) in [6.07, 6.45) is 7.44. The summed E-state index contributed by atoms with van der Waals surface area (Å²) in [5.41, 5.74) is 3.00. The predicted molar refractivity (Wildman–Crippen MR) is 94.5 cm³/mol. The number of nitrogens with zero attached hydrogens (tertiary/aromatic N) is 4. The third-order valence-electron chi connectivity index (χ3n) is 4.37. The Labute approximate surface area is 146 Å². The molecule has 3 aromatic rings. The van der Waals surface area contributed by atoms with Gasteiger partial charge in [-0.15, -0.1) is 0 Å². The normalized spacial score (nSPS) is 15.4. The number of ether oxygens (including phenoxy) is 2. The van der Waals surface area contributed by atoms with Gasteiger partial charge in [0.05, 0.1) is 24.8 Å². The Bertz CT molecular complexity index is 858. The van der Waals surface area contributed by atoms with Crippen LogP contribution in [0.25, 0.3) is 11.0 Å². The maximum absolute atomic E-state index is 5.98. The lowest BCUT2D eigenvalue weighted by Gasteiger charge is -2.22. The first kappa shape index (κ1) is 15.8. The van der Waals surface area contributed by atoms with Gasteiger partial charge < -0.3 is 14.8 Å². The summed E-state index contributed by atoms with van der Waals surface area (Å²) in [4.78, 5) is 8.68. The molecule has 0 bridgehead atoms. The minimum Gasteiger partial charge on any atom is -0.474 e. The topological polar surface area (TPSA) is 74.1 Å². The van der Waals surface area contributed by atoms with Crippen molar-refractivity contribution in [2.45, 2.75) is 25.5 Å². The Morgan fingerprint density at radius 2 is 2.08 bits per heavy atom. The quantitative estimate of drug-likeness (QED) is 0.770. The van der Waals surface area contributed by atoms with E-state index in [4.69, 9.17) is 9.47 Å². The highest BCUT2D eigenvalue weighted by atomic mass is 16.5. The third kappa shape index (κ3) is 3.56. The first-order valence-electron chi connectivity index (χ1n) is 8.49. The fourth-order valence-corrected chi connectivity index (χ4v) is 2.99. The predicted octanol–water partition coefficient (Wildman–Crippen LogP) is 2.53. The number of hydrogen-bond acceptors (Lipinski definition) is 6. The SMILES string of the molecule is Cn1ncc2c(NCc3ccnc(OC4CCOCC4)c3)ccnc21. The molecule has 130 valence electrons. The first-order valence-corrected chi connectivity index (χ1v) is 8.49. The van der Waals surface area contributed by atoms with Gasteiger partial charge in [0.25, 0.3) is 0 Å². The van der Waals surface area contributed by atoms with E-state index in [2.05, 4.69) is 20.4 Å². The van der Waals surface area contributed by atoms with E-state index in [-0.39, 0.29) is 6.10 Å². The monoisotopic (exact) mass is 339 g/mol. The van der Waals surface area contributed by atoms with Gasteiger partial charge in [-0.1, -0.05) is 0 Å². The number of anilines is 1. The number of aryl methyl sites for hydroxylation is 1. The Hall–Kier alpha value is -2.67. The summed E-state index contributed by atoms with van der Waals surface area (Å²) in [7, 11) is 1.89. The summed E-state index contributed by atoms with van der Waals surface area (Å²) < 4.78 is 13.1. The number of nitrogens with one attached hydrogen (secondary N) is 1. The first-order chi connectivity index (χ1) is 12.3. The lowest BCUT2D eigenvalue weighted by atomic mass is 10.1. The molecule has 4 rings (SSSR count). The van der Waals surface area contributed by atoms with E-state index in [9.17, 15) is 0 Å². The molecule has 0 atom stereocenters. The van der Waals surface area contributed by atoms with E-state index in [0.717, 1.165) is 48.3 Å². The Kier molecular flexibility index (Phi) is 4.47. The Morgan fingerprint density at radius 3 is 2.96 bits per heavy atom. The molecule has 1 aliphatic heterocycles. The zero-order valence-electron chi connectivity index (χ0n) is 14.2. The van der Waals surface area contributed by atoms with E-state index in [1.165, 1.54) is 0 Å². The summed E-state index contributed by atoms with van der Waals surface area (Å²) in [6.45, 7) is 2.20. The molecule has 1 aliphatic rings. The third-order valence-corrected chi connectivity index (χ3v) is 4.37. The standard InChI is InChI=1S/C18H21N5O2/c1-23-18-15(12-22-23)16(3-7-20-18)21-11-13-2-6-19-17(10-13)25-14-4-8-24-9-5-14/h2-3,6-7,10,12,14H,4-5,8-9,11H2,1H3,(H,20,21). The smallest absolute Gasteiger partial charge is 0.213 e. The van der Waals surface area contributed by atoms with Gasteiger partial charge in [0.15, 0.2) is 5.65 Å². The van der Waals surface area contributed by atoms with Crippen LogP contribution in [0.1, 0.15) is 18.4 Å². The van der Waals surface area contributed by atoms with Gasteiger partial charge in [-0.25, -0.2) is 9.97 Å². The highest BCUT2D eigenvalue weighted by molar-refractivity contribution is 5.88. The van der Waals surface area contributed by atoms with Crippen LogP contribution in [0.2, 0.25) is 0 Å². The van der Waals surface area contributed by atoms with Crippen molar-refractivity contribution in [3.63, 3.8) is 0 Å². The van der Waals surface area contributed by atoms with E-state index in [0.29, 0.717) is 12.4 Å². The molecular weight excluding hydrogens is 318 g/mol. The maximum Gasteiger partial charge on any atom is 0.213 e. The molecule has 0 aliphatic carbocycles. The van der Waals surface area contributed by atoms with E-state index >= 15 is 0 Å². The van der Waals surface area contributed by atoms with Crippen LogP contribution in [-0.2, 0) is 18.3 Å². The molecule has 0 amide bonds. The largest absolute Gasteiger partial charge is 0.474 e. The molecule has 1 N–H and O–H groups in total. The van der Waals surface area contributed by atoms with Crippen molar-refractivity contribution >= 4 is 16.7 Å². The molecule has 7 heteroatoms. The summed E-state index contributed by atoms with van der Waals surface area (Å²) >= 11 is 0. The molecule has 0 spiro atoms. The van der Waals surface area contributed by atoms with Crippen LogP contribution in [-0.4, -0.2) is 39.1 Å². The molecule has 3 aromatic heterocycles. The molecule has 0 saturated carbocycles. The lowest BCUT2D eigenvalue weighted by molar-refractivity contribution is 0.0237.